The fourth-order valence-electron chi connectivity index (χ4n) is 5.43. The van der Waals surface area contributed by atoms with Gasteiger partial charge in [0.1, 0.15) is 5.75 Å². The number of ether oxygens (including phenoxy) is 2. The van der Waals surface area contributed by atoms with Gasteiger partial charge in [-0.25, -0.2) is 4.79 Å². The molecule has 0 radical (unpaired) electrons. The van der Waals surface area contributed by atoms with E-state index in [1.54, 1.807) is 0 Å². The maximum absolute atomic E-state index is 12.5. The number of hydrogen-bond donors (Lipinski definition) is 0. The highest BCUT2D eigenvalue weighted by atomic mass is 16.5. The number of aryl methyl sites for hydroxylation is 1. The second-order valence-electron chi connectivity index (χ2n) is 11.9. The fourth-order valence-corrected chi connectivity index (χ4v) is 5.43. The van der Waals surface area contributed by atoms with E-state index in [9.17, 15) is 4.79 Å². The van der Waals surface area contributed by atoms with Crippen LogP contribution in [0.1, 0.15) is 170 Å². The number of carbonyl (C=O) groups excluding carboxylic acids is 1. The minimum Gasteiger partial charge on any atom is -0.423 e. The average Bonchev–Trinajstić information content (AvgIpc) is 2.99. The van der Waals surface area contributed by atoms with Gasteiger partial charge in [0, 0.05) is 6.61 Å². The number of benzene rings is 2. The van der Waals surface area contributed by atoms with Crippen molar-refractivity contribution in [2.24, 2.45) is 0 Å². The monoisotopic (exact) mass is 564 g/mol. The van der Waals surface area contributed by atoms with E-state index in [-0.39, 0.29) is 12.1 Å². The van der Waals surface area contributed by atoms with Crippen LogP contribution in [0.5, 0.6) is 5.75 Å². The number of esters is 1. The van der Waals surface area contributed by atoms with Crippen molar-refractivity contribution < 1.29 is 14.3 Å². The molecule has 0 N–H and O–H groups in total. The van der Waals surface area contributed by atoms with Crippen molar-refractivity contribution in [2.45, 2.75) is 155 Å². The Morgan fingerprint density at radius 2 is 1.05 bits per heavy atom. The van der Waals surface area contributed by atoms with E-state index in [0.29, 0.717) is 11.3 Å². The topological polar surface area (TPSA) is 35.5 Å². The van der Waals surface area contributed by atoms with Crippen molar-refractivity contribution in [3.05, 3.63) is 65.2 Å². The molecule has 0 amide bonds. The zero-order chi connectivity index (χ0) is 29.4. The van der Waals surface area contributed by atoms with Crippen LogP contribution >= 0.6 is 0 Å². The molecule has 3 nitrogen and oxygen atoms in total. The van der Waals surface area contributed by atoms with Crippen LogP contribution in [0.15, 0.2) is 48.5 Å². The molecule has 1 atom stereocenters. The molecule has 0 heterocycles. The minimum absolute atomic E-state index is 0.0250. The summed E-state index contributed by atoms with van der Waals surface area (Å²) < 4.78 is 11.6. The van der Waals surface area contributed by atoms with Gasteiger partial charge in [-0.3, -0.25) is 0 Å². The molecular formula is C38H60O3. The van der Waals surface area contributed by atoms with Crippen molar-refractivity contribution in [3.63, 3.8) is 0 Å². The lowest BCUT2D eigenvalue weighted by Gasteiger charge is -2.14. The van der Waals surface area contributed by atoms with Crippen molar-refractivity contribution in [1.29, 1.82) is 0 Å². The van der Waals surface area contributed by atoms with Gasteiger partial charge in [-0.05, 0) is 55.2 Å². The zero-order valence-corrected chi connectivity index (χ0v) is 26.8. The molecule has 41 heavy (non-hydrogen) atoms. The summed E-state index contributed by atoms with van der Waals surface area (Å²) in [5.74, 6) is 0.257. The first kappa shape index (κ1) is 35.1. The third kappa shape index (κ3) is 16.8. The van der Waals surface area contributed by atoms with Crippen molar-refractivity contribution in [1.82, 2.24) is 0 Å². The van der Waals surface area contributed by atoms with E-state index in [2.05, 4.69) is 20.8 Å². The molecule has 0 aliphatic rings. The average molecular weight is 565 g/mol. The van der Waals surface area contributed by atoms with Crippen LogP contribution in [-0.2, 0) is 11.2 Å². The molecule has 0 aliphatic carbocycles. The summed E-state index contributed by atoms with van der Waals surface area (Å²) in [6.07, 6.45) is 27.2. The maximum atomic E-state index is 12.5. The van der Waals surface area contributed by atoms with Crippen LogP contribution in [0.2, 0.25) is 0 Å². The van der Waals surface area contributed by atoms with Crippen LogP contribution in [0.4, 0.5) is 0 Å². The van der Waals surface area contributed by atoms with Gasteiger partial charge < -0.3 is 9.47 Å². The SMILES string of the molecule is CCCCCCCCCCCCCCCCCCCCOC(C)c1ccc(C(=O)Oc2ccc(CCC)cc2)cc1. The molecule has 2 aromatic carbocycles. The van der Waals surface area contributed by atoms with Gasteiger partial charge >= 0.3 is 5.97 Å². The normalized spacial score (nSPS) is 12.0. The molecule has 0 saturated carbocycles. The highest BCUT2D eigenvalue weighted by molar-refractivity contribution is 5.91. The van der Waals surface area contributed by atoms with Gasteiger partial charge in [0.25, 0.3) is 0 Å². The quantitative estimate of drug-likeness (QED) is 0.0683. The summed E-state index contributed by atoms with van der Waals surface area (Å²) in [4.78, 5) is 12.5. The van der Waals surface area contributed by atoms with Gasteiger partial charge in [-0.15, -0.1) is 0 Å². The first-order valence-electron chi connectivity index (χ1n) is 17.2. The van der Waals surface area contributed by atoms with Crippen molar-refractivity contribution >= 4 is 5.97 Å². The molecule has 3 heteroatoms. The number of unbranched alkanes of at least 4 members (excludes halogenated alkanes) is 17. The third-order valence-electron chi connectivity index (χ3n) is 8.15. The Morgan fingerprint density at radius 3 is 1.51 bits per heavy atom. The summed E-state index contributed by atoms with van der Waals surface area (Å²) in [6, 6.07) is 15.4. The molecule has 1 unspecified atom stereocenters. The summed E-state index contributed by atoms with van der Waals surface area (Å²) in [5, 5.41) is 0. The molecule has 2 rings (SSSR count). The lowest BCUT2D eigenvalue weighted by atomic mass is 10.0. The first-order chi connectivity index (χ1) is 20.1. The number of carbonyl (C=O) groups is 1. The van der Waals surface area contributed by atoms with Crippen molar-refractivity contribution in [2.75, 3.05) is 6.61 Å². The van der Waals surface area contributed by atoms with E-state index in [0.717, 1.165) is 31.4 Å². The Bertz CT molecular complexity index is 887. The smallest absolute Gasteiger partial charge is 0.343 e. The Labute approximate surface area is 252 Å². The van der Waals surface area contributed by atoms with E-state index in [1.165, 1.54) is 115 Å². The fraction of sp³-hybridized carbons (Fsp3) is 0.658. The van der Waals surface area contributed by atoms with Gasteiger partial charge in [0.2, 0.25) is 0 Å². The lowest BCUT2D eigenvalue weighted by molar-refractivity contribution is 0.0626. The predicted octanol–water partition coefficient (Wildman–Crippen LogP) is 12.0. The van der Waals surface area contributed by atoms with Crippen LogP contribution in [0.25, 0.3) is 0 Å². The van der Waals surface area contributed by atoms with Gasteiger partial charge in [-0.1, -0.05) is 154 Å². The van der Waals surface area contributed by atoms with Crippen LogP contribution in [-0.4, -0.2) is 12.6 Å². The van der Waals surface area contributed by atoms with Gasteiger partial charge in [0.15, 0.2) is 0 Å². The second-order valence-corrected chi connectivity index (χ2v) is 11.9. The Hall–Kier alpha value is -2.13. The zero-order valence-electron chi connectivity index (χ0n) is 26.8. The van der Waals surface area contributed by atoms with E-state index in [4.69, 9.17) is 9.47 Å². The lowest BCUT2D eigenvalue weighted by Crippen LogP contribution is -2.09. The highest BCUT2D eigenvalue weighted by Crippen LogP contribution is 2.20. The second kappa shape index (κ2) is 23.4. The summed E-state index contributed by atoms with van der Waals surface area (Å²) in [7, 11) is 0. The minimum atomic E-state index is -0.327. The predicted molar refractivity (Wildman–Crippen MR) is 175 cm³/mol. The molecule has 0 spiro atoms. The molecule has 0 fully saturated rings. The Kier molecular flexibility index (Phi) is 20.0. The van der Waals surface area contributed by atoms with Crippen molar-refractivity contribution in [3.8, 4) is 5.75 Å². The maximum Gasteiger partial charge on any atom is 0.343 e. The van der Waals surface area contributed by atoms with Gasteiger partial charge in [0.05, 0.1) is 11.7 Å². The van der Waals surface area contributed by atoms with Crippen LogP contribution in [0.3, 0.4) is 0 Å². The molecule has 230 valence electrons. The summed E-state index contributed by atoms with van der Waals surface area (Å²) >= 11 is 0. The standard InChI is InChI=1S/C38H60O3/c1-4-6-7-8-9-10-11-12-13-14-15-16-17-18-19-20-21-22-32-40-33(3)35-26-28-36(29-27-35)38(39)41-37-30-24-34(23-5-2)25-31-37/h24-31,33H,4-23,32H2,1-3H3. The largest absolute Gasteiger partial charge is 0.423 e. The number of rotatable bonds is 25. The Balaban J connectivity index is 1.43. The molecule has 0 bridgehead atoms. The first-order valence-corrected chi connectivity index (χ1v) is 17.2. The molecule has 0 aromatic heterocycles. The summed E-state index contributed by atoms with van der Waals surface area (Å²) in [6.45, 7) is 7.32. The molecule has 0 saturated heterocycles. The highest BCUT2D eigenvalue weighted by Gasteiger charge is 2.11. The van der Waals surface area contributed by atoms with Crippen LogP contribution < -0.4 is 4.74 Å². The number of hydrogen-bond acceptors (Lipinski definition) is 3. The third-order valence-corrected chi connectivity index (χ3v) is 8.15. The summed E-state index contributed by atoms with van der Waals surface area (Å²) in [5.41, 5.74) is 2.91. The van der Waals surface area contributed by atoms with E-state index in [1.807, 2.05) is 48.5 Å². The van der Waals surface area contributed by atoms with Crippen LogP contribution in [0, 0.1) is 0 Å². The molecular weight excluding hydrogens is 504 g/mol. The molecule has 0 aliphatic heterocycles. The van der Waals surface area contributed by atoms with Gasteiger partial charge in [-0.2, -0.15) is 0 Å². The van der Waals surface area contributed by atoms with E-state index < -0.39 is 0 Å². The van der Waals surface area contributed by atoms with E-state index >= 15 is 0 Å². The molecule has 2 aromatic rings. The Morgan fingerprint density at radius 1 is 0.585 bits per heavy atom.